The van der Waals surface area contributed by atoms with E-state index in [0.717, 1.165) is 69.1 Å². The summed E-state index contributed by atoms with van der Waals surface area (Å²) in [4.78, 5) is 4.27. The van der Waals surface area contributed by atoms with Crippen molar-refractivity contribution in [3.05, 3.63) is 144 Å². The van der Waals surface area contributed by atoms with Crippen LogP contribution in [0.4, 0.5) is 11.4 Å². The third-order valence-electron chi connectivity index (χ3n) is 9.04. The molecule has 0 amide bonds. The van der Waals surface area contributed by atoms with Crippen LogP contribution in [-0.2, 0) is 34.3 Å². The molecule has 264 valence electrons. The lowest BCUT2D eigenvalue weighted by atomic mass is 10.1. The van der Waals surface area contributed by atoms with Crippen LogP contribution in [-0.4, -0.2) is 38.4 Å². The number of ether oxygens (including phenoxy) is 2. The average Bonchev–Trinajstić information content (AvgIpc) is 3.07. The van der Waals surface area contributed by atoms with E-state index in [1.807, 2.05) is 38.1 Å². The maximum Gasteiger partial charge on any atom is 0.128 e. The summed E-state index contributed by atoms with van der Waals surface area (Å²) in [7, 11) is -6.10. The Bertz CT molecular complexity index is 1710. The molecule has 0 spiro atoms. The second-order valence-electron chi connectivity index (χ2n) is 13.5. The molecule has 4 aromatic rings. The zero-order chi connectivity index (χ0) is 35.7. The quantitative estimate of drug-likeness (QED) is 0.0959. The predicted molar refractivity (Wildman–Crippen MR) is 212 cm³/mol. The molecule has 4 aromatic carbocycles. The molecule has 0 aliphatic carbocycles. The Balaban J connectivity index is 1.63. The molecule has 0 N–H and O–H groups in total. The topological polar surface area (TPSA) is 59.1 Å². The highest BCUT2D eigenvalue weighted by Crippen LogP contribution is 2.60. The van der Waals surface area contributed by atoms with E-state index in [1.165, 1.54) is 0 Å². The fraction of sp³-hybridized carbons (Fsp3) is 0.333. The Morgan fingerprint density at radius 2 is 0.960 bits per heavy atom. The van der Waals surface area contributed by atoms with Crippen molar-refractivity contribution in [2.75, 3.05) is 48.2 Å². The normalized spacial score (nSPS) is 19.4. The SMILES string of the molecule is C=CCc1ccc(OCC)c(CP2(=O)CN(c3ccc(C)cc3)CP(=O)(Cc3cc(CC=C)ccc3OCC)CN(c3ccc(C)cc3)C2)c1. The summed E-state index contributed by atoms with van der Waals surface area (Å²) in [6.45, 7) is 17.0. The first-order valence-corrected chi connectivity index (χ1v) is 22.1. The number of hydrogen-bond donors (Lipinski definition) is 0. The van der Waals surface area contributed by atoms with Gasteiger partial charge in [-0.05, 0) is 88.1 Å². The van der Waals surface area contributed by atoms with Gasteiger partial charge in [0.1, 0.15) is 25.8 Å². The van der Waals surface area contributed by atoms with E-state index in [2.05, 4.69) is 110 Å². The van der Waals surface area contributed by atoms with Gasteiger partial charge in [-0.1, -0.05) is 71.8 Å². The van der Waals surface area contributed by atoms with Crippen molar-refractivity contribution in [1.82, 2.24) is 0 Å². The van der Waals surface area contributed by atoms with E-state index in [4.69, 9.17) is 9.47 Å². The lowest BCUT2D eigenvalue weighted by Gasteiger charge is -2.41. The number of rotatable bonds is 14. The molecule has 0 radical (unpaired) electrons. The van der Waals surface area contributed by atoms with E-state index in [9.17, 15) is 0 Å². The summed E-state index contributed by atoms with van der Waals surface area (Å²) in [5.74, 6) is 1.52. The highest BCUT2D eigenvalue weighted by molar-refractivity contribution is 7.65. The van der Waals surface area contributed by atoms with Crippen LogP contribution in [0, 0.1) is 13.8 Å². The van der Waals surface area contributed by atoms with E-state index < -0.39 is 14.3 Å². The van der Waals surface area contributed by atoms with Gasteiger partial charge in [0.2, 0.25) is 0 Å². The number of anilines is 2. The van der Waals surface area contributed by atoms with Gasteiger partial charge in [-0.2, -0.15) is 0 Å². The fourth-order valence-electron chi connectivity index (χ4n) is 6.77. The molecule has 50 heavy (non-hydrogen) atoms. The van der Waals surface area contributed by atoms with Crippen LogP contribution in [0.25, 0.3) is 0 Å². The second-order valence-corrected chi connectivity index (χ2v) is 19.5. The van der Waals surface area contributed by atoms with Crippen molar-refractivity contribution >= 4 is 25.7 Å². The van der Waals surface area contributed by atoms with Crippen molar-refractivity contribution in [1.29, 1.82) is 0 Å². The van der Waals surface area contributed by atoms with E-state index in [0.29, 0.717) is 25.5 Å². The number of hydrogen-bond acceptors (Lipinski definition) is 6. The van der Waals surface area contributed by atoms with Gasteiger partial charge >= 0.3 is 0 Å². The Kier molecular flexibility index (Phi) is 12.5. The monoisotopic (exact) mass is 710 g/mol. The molecule has 5 rings (SSSR count). The Morgan fingerprint density at radius 1 is 0.600 bits per heavy atom. The molecule has 1 fully saturated rings. The minimum absolute atomic E-state index is 0.286. The minimum Gasteiger partial charge on any atom is -0.494 e. The molecule has 6 nitrogen and oxygen atoms in total. The van der Waals surface area contributed by atoms with Gasteiger partial charge in [-0.3, -0.25) is 0 Å². The van der Waals surface area contributed by atoms with E-state index in [1.54, 1.807) is 0 Å². The van der Waals surface area contributed by atoms with Crippen molar-refractivity contribution < 1.29 is 18.6 Å². The lowest BCUT2D eigenvalue weighted by Crippen LogP contribution is -2.37. The highest BCUT2D eigenvalue weighted by Gasteiger charge is 2.39. The van der Waals surface area contributed by atoms with Crippen LogP contribution in [0.15, 0.2) is 110 Å². The zero-order valence-electron chi connectivity index (χ0n) is 30.1. The molecule has 1 aliphatic heterocycles. The third-order valence-corrected chi connectivity index (χ3v) is 14.3. The number of nitrogens with zero attached hydrogens (tertiary/aromatic N) is 2. The largest absolute Gasteiger partial charge is 0.494 e. The first kappa shape index (κ1) is 37.3. The van der Waals surface area contributed by atoms with Crippen molar-refractivity contribution in [3.63, 3.8) is 0 Å². The maximum absolute atomic E-state index is 15.6. The molecule has 0 bridgehead atoms. The molecule has 0 saturated carbocycles. The summed E-state index contributed by atoms with van der Waals surface area (Å²) in [6, 6.07) is 28.9. The number of allylic oxidation sites excluding steroid dienone is 2. The lowest BCUT2D eigenvalue weighted by molar-refractivity contribution is 0.337. The first-order valence-electron chi connectivity index (χ1n) is 17.5. The highest BCUT2D eigenvalue weighted by atomic mass is 31.2. The molecule has 1 aliphatic rings. The van der Waals surface area contributed by atoms with Gasteiger partial charge in [-0.15, -0.1) is 13.2 Å². The first-order chi connectivity index (χ1) is 24.1. The minimum atomic E-state index is -3.05. The summed E-state index contributed by atoms with van der Waals surface area (Å²) in [6.07, 6.45) is 7.08. The number of benzene rings is 4. The molecular formula is C42H52N2O4P2. The maximum atomic E-state index is 15.6. The molecule has 0 atom stereocenters. The molecule has 8 heteroatoms. The number of aryl methyl sites for hydroxylation is 2. The van der Waals surface area contributed by atoms with Gasteiger partial charge < -0.3 is 28.4 Å². The molecule has 1 heterocycles. The third kappa shape index (κ3) is 9.62. The Labute approximate surface area is 299 Å². The van der Waals surface area contributed by atoms with Gasteiger partial charge in [0.25, 0.3) is 0 Å². The van der Waals surface area contributed by atoms with E-state index >= 15 is 9.13 Å². The van der Waals surface area contributed by atoms with Crippen LogP contribution in [0.1, 0.15) is 47.2 Å². The van der Waals surface area contributed by atoms with Crippen molar-refractivity contribution in [2.24, 2.45) is 0 Å². The molecule has 1 saturated heterocycles. The smallest absolute Gasteiger partial charge is 0.128 e. The molecule has 0 aromatic heterocycles. The van der Waals surface area contributed by atoms with Gasteiger partial charge in [-0.25, -0.2) is 0 Å². The average molecular weight is 711 g/mol. The van der Waals surface area contributed by atoms with Crippen LogP contribution in [0.5, 0.6) is 11.5 Å². The standard InChI is InChI=1S/C42H52N2O4P2/c1-7-11-35-17-23-41(47-9-3)37(25-35)27-49(45)29-43(39-19-13-33(5)14-20-39)31-50(46,32-44(30-49)40-21-15-34(6)16-22-40)28-38-26-36(12-8-2)18-24-42(38)48-10-4/h7-8,13-26H,1-2,9-12,27-32H2,3-6H3. The summed E-state index contributed by atoms with van der Waals surface area (Å²) in [5.41, 5.74) is 8.22. The van der Waals surface area contributed by atoms with Crippen molar-refractivity contribution in [3.8, 4) is 11.5 Å². The summed E-state index contributed by atoms with van der Waals surface area (Å²) in [5, 5.41) is 0. The molecular weight excluding hydrogens is 658 g/mol. The Hall–Kier alpha value is -3.98. The van der Waals surface area contributed by atoms with Crippen LogP contribution in [0.2, 0.25) is 0 Å². The molecule has 0 unspecified atom stereocenters. The fourth-order valence-corrected chi connectivity index (χ4v) is 12.9. The van der Waals surface area contributed by atoms with Crippen LogP contribution >= 0.6 is 14.3 Å². The second kappa shape index (κ2) is 16.8. The van der Waals surface area contributed by atoms with Crippen LogP contribution < -0.4 is 19.3 Å². The van der Waals surface area contributed by atoms with Crippen LogP contribution in [0.3, 0.4) is 0 Å². The van der Waals surface area contributed by atoms with Gasteiger partial charge in [0, 0.05) is 34.8 Å². The van der Waals surface area contributed by atoms with Gasteiger partial charge in [0.05, 0.1) is 38.4 Å². The van der Waals surface area contributed by atoms with Crippen molar-refractivity contribution in [2.45, 2.75) is 52.9 Å². The Morgan fingerprint density at radius 3 is 1.28 bits per heavy atom. The van der Waals surface area contributed by atoms with Gasteiger partial charge in [0.15, 0.2) is 0 Å². The summed E-state index contributed by atoms with van der Waals surface area (Å²) >= 11 is 0. The summed E-state index contributed by atoms with van der Waals surface area (Å²) < 4.78 is 43.5. The predicted octanol–water partition coefficient (Wildman–Crippen LogP) is 10.8. The zero-order valence-corrected chi connectivity index (χ0v) is 31.9. The van der Waals surface area contributed by atoms with E-state index in [-0.39, 0.29) is 25.1 Å².